The first kappa shape index (κ1) is 18.4. The summed E-state index contributed by atoms with van der Waals surface area (Å²) in [4.78, 5) is 30.2. The lowest BCUT2D eigenvalue weighted by Gasteiger charge is -2.59. The average molecular weight is 393 g/mol. The molecule has 2 saturated heterocycles. The van der Waals surface area contributed by atoms with Crippen LogP contribution in [0, 0.1) is 5.41 Å². The van der Waals surface area contributed by atoms with E-state index < -0.39 is 0 Å². The lowest BCUT2D eigenvalue weighted by atomic mass is 9.65. The summed E-state index contributed by atoms with van der Waals surface area (Å²) in [5.74, 6) is 0.380. The van der Waals surface area contributed by atoms with Crippen molar-refractivity contribution in [1.29, 1.82) is 0 Å². The SMILES string of the molecule is Cn1nccc1C(=O)N1CCC(N2C(=O)C3(CCCC3)C2c2ccccc2)CC1. The molecule has 3 heterocycles. The maximum absolute atomic E-state index is 13.3. The molecule has 1 atom stereocenters. The largest absolute Gasteiger partial charge is 0.337 e. The molecule has 1 saturated carbocycles. The Kier molecular flexibility index (Phi) is 4.45. The quantitative estimate of drug-likeness (QED) is 0.754. The predicted octanol–water partition coefficient (Wildman–Crippen LogP) is 3.17. The zero-order valence-electron chi connectivity index (χ0n) is 17.0. The van der Waals surface area contributed by atoms with Crippen LogP contribution in [0.15, 0.2) is 42.6 Å². The van der Waals surface area contributed by atoms with Crippen molar-refractivity contribution in [1.82, 2.24) is 19.6 Å². The van der Waals surface area contributed by atoms with Gasteiger partial charge in [-0.3, -0.25) is 14.3 Å². The second-order valence-corrected chi connectivity index (χ2v) is 8.75. The van der Waals surface area contributed by atoms with E-state index in [1.165, 1.54) is 5.56 Å². The number of hydrogen-bond acceptors (Lipinski definition) is 3. The van der Waals surface area contributed by atoms with E-state index in [4.69, 9.17) is 0 Å². The van der Waals surface area contributed by atoms with Crippen LogP contribution in [0.1, 0.15) is 60.6 Å². The van der Waals surface area contributed by atoms with E-state index in [0.29, 0.717) is 24.7 Å². The highest BCUT2D eigenvalue weighted by atomic mass is 16.2. The molecule has 5 rings (SSSR count). The number of piperidine rings is 1. The van der Waals surface area contributed by atoms with Gasteiger partial charge in [0, 0.05) is 32.4 Å². The number of aromatic nitrogens is 2. The topological polar surface area (TPSA) is 58.4 Å². The minimum Gasteiger partial charge on any atom is -0.337 e. The van der Waals surface area contributed by atoms with Gasteiger partial charge in [-0.25, -0.2) is 0 Å². The molecule has 1 aliphatic carbocycles. The molecular formula is C23H28N4O2. The molecule has 0 N–H and O–H groups in total. The fraction of sp³-hybridized carbons (Fsp3) is 0.522. The maximum Gasteiger partial charge on any atom is 0.272 e. The zero-order valence-corrected chi connectivity index (χ0v) is 17.0. The van der Waals surface area contributed by atoms with Gasteiger partial charge in [-0.05, 0) is 37.3 Å². The average Bonchev–Trinajstić information content (AvgIpc) is 3.42. The van der Waals surface area contributed by atoms with E-state index in [0.717, 1.165) is 38.5 Å². The van der Waals surface area contributed by atoms with Crippen LogP contribution in [-0.4, -0.2) is 50.5 Å². The van der Waals surface area contributed by atoms with E-state index in [2.05, 4.69) is 34.3 Å². The molecule has 29 heavy (non-hydrogen) atoms. The second-order valence-electron chi connectivity index (χ2n) is 8.75. The summed E-state index contributed by atoms with van der Waals surface area (Å²) in [5.41, 5.74) is 1.71. The maximum atomic E-state index is 13.3. The molecule has 1 aromatic carbocycles. The monoisotopic (exact) mass is 392 g/mol. The number of hydrogen-bond donors (Lipinski definition) is 0. The first-order valence-corrected chi connectivity index (χ1v) is 10.8. The van der Waals surface area contributed by atoms with Crippen molar-refractivity contribution in [3.63, 3.8) is 0 Å². The van der Waals surface area contributed by atoms with Crippen LogP contribution < -0.4 is 0 Å². The molecule has 2 amide bonds. The van der Waals surface area contributed by atoms with Crippen LogP contribution >= 0.6 is 0 Å². The summed E-state index contributed by atoms with van der Waals surface area (Å²) in [5, 5.41) is 4.11. The number of rotatable bonds is 3. The predicted molar refractivity (Wildman–Crippen MR) is 109 cm³/mol. The van der Waals surface area contributed by atoms with Gasteiger partial charge in [0.1, 0.15) is 5.69 Å². The number of carbonyl (C=O) groups excluding carboxylic acids is 2. The van der Waals surface area contributed by atoms with Crippen molar-refractivity contribution in [3.05, 3.63) is 53.9 Å². The third-order valence-electron chi connectivity index (χ3n) is 7.26. The van der Waals surface area contributed by atoms with Crippen molar-refractivity contribution >= 4 is 11.8 Å². The normalized spacial score (nSPS) is 24.2. The molecule has 1 aromatic heterocycles. The first-order chi connectivity index (χ1) is 14.1. The number of aryl methyl sites for hydroxylation is 1. The van der Waals surface area contributed by atoms with Gasteiger partial charge in [-0.15, -0.1) is 0 Å². The summed E-state index contributed by atoms with van der Waals surface area (Å²) in [7, 11) is 1.80. The number of carbonyl (C=O) groups is 2. The van der Waals surface area contributed by atoms with Crippen molar-refractivity contribution in [2.45, 2.75) is 50.6 Å². The lowest BCUT2D eigenvalue weighted by molar-refractivity contribution is -0.180. The highest BCUT2D eigenvalue weighted by Gasteiger charge is 2.63. The Bertz CT molecular complexity index is 908. The molecule has 2 aromatic rings. The number of β-lactam (4-membered cyclic amide) rings is 1. The van der Waals surface area contributed by atoms with Crippen LogP contribution in [0.3, 0.4) is 0 Å². The van der Waals surface area contributed by atoms with Crippen LogP contribution in [0.2, 0.25) is 0 Å². The van der Waals surface area contributed by atoms with Gasteiger partial charge >= 0.3 is 0 Å². The summed E-state index contributed by atoms with van der Waals surface area (Å²) >= 11 is 0. The molecule has 3 aliphatic rings. The molecule has 1 spiro atoms. The fourth-order valence-corrected chi connectivity index (χ4v) is 5.77. The molecule has 1 unspecified atom stereocenters. The van der Waals surface area contributed by atoms with E-state index in [-0.39, 0.29) is 23.4 Å². The zero-order chi connectivity index (χ0) is 20.0. The highest BCUT2D eigenvalue weighted by molar-refractivity contribution is 5.93. The fourth-order valence-electron chi connectivity index (χ4n) is 5.77. The number of amides is 2. The lowest BCUT2D eigenvalue weighted by Crippen LogP contribution is -2.66. The van der Waals surface area contributed by atoms with Crippen LogP contribution in [0.4, 0.5) is 0 Å². The number of nitrogens with zero attached hydrogens (tertiary/aromatic N) is 4. The van der Waals surface area contributed by atoms with Gasteiger partial charge in [0.15, 0.2) is 0 Å². The third kappa shape index (κ3) is 2.80. The van der Waals surface area contributed by atoms with Crippen LogP contribution in [-0.2, 0) is 11.8 Å². The van der Waals surface area contributed by atoms with Crippen LogP contribution in [0.5, 0.6) is 0 Å². The van der Waals surface area contributed by atoms with Crippen molar-refractivity contribution < 1.29 is 9.59 Å². The minimum atomic E-state index is -0.178. The van der Waals surface area contributed by atoms with Gasteiger partial charge < -0.3 is 9.80 Å². The Morgan fingerprint density at radius 3 is 2.38 bits per heavy atom. The standard InChI is InChI=1S/C23H28N4O2/c1-25-19(9-14-24-25)21(28)26-15-10-18(11-16-26)27-20(17-7-3-2-4-8-17)23(22(27)29)12-5-6-13-23/h2-4,7-9,14,18,20H,5-6,10-13,15-16H2,1H3. The molecule has 152 valence electrons. The van der Waals surface area contributed by atoms with Crippen molar-refractivity contribution in [3.8, 4) is 0 Å². The van der Waals surface area contributed by atoms with E-state index in [9.17, 15) is 9.59 Å². The number of likely N-dealkylation sites (tertiary alicyclic amines) is 2. The molecule has 3 fully saturated rings. The Labute approximate surface area is 171 Å². The summed E-state index contributed by atoms with van der Waals surface area (Å²) in [6.45, 7) is 1.37. The van der Waals surface area contributed by atoms with Gasteiger partial charge in [0.25, 0.3) is 5.91 Å². The molecule has 0 bridgehead atoms. The second kappa shape index (κ2) is 7.01. The summed E-state index contributed by atoms with van der Waals surface area (Å²) in [6.07, 6.45) is 7.67. The van der Waals surface area contributed by atoms with Gasteiger partial charge in [-0.1, -0.05) is 43.2 Å². The van der Waals surface area contributed by atoms with Crippen molar-refractivity contribution in [2.24, 2.45) is 12.5 Å². The van der Waals surface area contributed by atoms with Crippen molar-refractivity contribution in [2.75, 3.05) is 13.1 Å². The first-order valence-electron chi connectivity index (χ1n) is 10.8. The summed E-state index contributed by atoms with van der Waals surface area (Å²) < 4.78 is 1.63. The molecule has 6 nitrogen and oxygen atoms in total. The molecule has 0 radical (unpaired) electrons. The van der Waals surface area contributed by atoms with Gasteiger partial charge in [0.2, 0.25) is 5.91 Å². The Hall–Kier alpha value is -2.63. The van der Waals surface area contributed by atoms with Gasteiger partial charge in [-0.2, -0.15) is 5.10 Å². The Balaban J connectivity index is 1.33. The smallest absolute Gasteiger partial charge is 0.272 e. The highest BCUT2D eigenvalue weighted by Crippen LogP contribution is 2.60. The Morgan fingerprint density at radius 1 is 1.07 bits per heavy atom. The van der Waals surface area contributed by atoms with Crippen LogP contribution in [0.25, 0.3) is 0 Å². The molecule has 6 heteroatoms. The molecular weight excluding hydrogens is 364 g/mol. The number of benzene rings is 1. The van der Waals surface area contributed by atoms with Gasteiger partial charge in [0.05, 0.1) is 11.5 Å². The Morgan fingerprint density at radius 2 is 1.76 bits per heavy atom. The van der Waals surface area contributed by atoms with E-state index in [1.54, 1.807) is 24.0 Å². The molecule has 2 aliphatic heterocycles. The minimum absolute atomic E-state index is 0.0326. The summed E-state index contributed by atoms with van der Waals surface area (Å²) in [6, 6.07) is 12.7. The van der Waals surface area contributed by atoms with E-state index >= 15 is 0 Å². The van der Waals surface area contributed by atoms with E-state index in [1.807, 2.05) is 11.0 Å². The third-order valence-corrected chi connectivity index (χ3v) is 7.26.